The highest BCUT2D eigenvalue weighted by Gasteiger charge is 2.34. The Labute approximate surface area is 192 Å². The van der Waals surface area contributed by atoms with E-state index in [0.717, 1.165) is 54.6 Å². The summed E-state index contributed by atoms with van der Waals surface area (Å²) in [6.07, 6.45) is 7.17. The molecule has 0 unspecified atom stereocenters. The van der Waals surface area contributed by atoms with Crippen LogP contribution in [-0.2, 0) is 13.1 Å². The lowest BCUT2D eigenvalue weighted by Crippen LogP contribution is -2.41. The minimum Gasteiger partial charge on any atom is -0.355 e. The summed E-state index contributed by atoms with van der Waals surface area (Å²) < 4.78 is 2.20. The largest absolute Gasteiger partial charge is 0.355 e. The van der Waals surface area contributed by atoms with E-state index in [1.54, 1.807) is 12.4 Å². The summed E-state index contributed by atoms with van der Waals surface area (Å²) in [5, 5.41) is 19.7. The summed E-state index contributed by atoms with van der Waals surface area (Å²) in [5.41, 5.74) is 1.50. The molecule has 0 radical (unpaired) electrons. The van der Waals surface area contributed by atoms with Crippen molar-refractivity contribution in [1.82, 2.24) is 29.6 Å². The molecule has 9 heteroatoms. The first-order chi connectivity index (χ1) is 15.5. The van der Waals surface area contributed by atoms with Gasteiger partial charge in [0.05, 0.1) is 24.5 Å². The Balaban J connectivity index is 1.49. The molecule has 2 aliphatic rings. The van der Waals surface area contributed by atoms with E-state index in [-0.39, 0.29) is 0 Å². The third kappa shape index (κ3) is 3.72. The van der Waals surface area contributed by atoms with Crippen molar-refractivity contribution < 1.29 is 0 Å². The van der Waals surface area contributed by atoms with E-state index in [0.29, 0.717) is 24.0 Å². The van der Waals surface area contributed by atoms with Crippen LogP contribution in [0.25, 0.3) is 5.69 Å². The number of rotatable bonds is 3. The minimum atomic E-state index is -0.636. The maximum absolute atomic E-state index is 9.74. The molecule has 32 heavy (non-hydrogen) atoms. The molecule has 0 bridgehead atoms. The van der Waals surface area contributed by atoms with Gasteiger partial charge in [0.1, 0.15) is 17.2 Å². The van der Waals surface area contributed by atoms with E-state index < -0.39 is 5.54 Å². The summed E-state index contributed by atoms with van der Waals surface area (Å²) in [4.78, 5) is 13.0. The molecule has 0 aliphatic carbocycles. The van der Waals surface area contributed by atoms with Gasteiger partial charge < -0.3 is 4.90 Å². The van der Waals surface area contributed by atoms with Crippen LogP contribution in [0.1, 0.15) is 49.8 Å². The fraction of sp³-hybridized carbons (Fsp3) is 0.435. The van der Waals surface area contributed by atoms with Gasteiger partial charge >= 0.3 is 0 Å². The van der Waals surface area contributed by atoms with Crippen molar-refractivity contribution in [1.29, 1.82) is 5.26 Å². The van der Waals surface area contributed by atoms with Gasteiger partial charge in [-0.25, -0.2) is 4.98 Å². The van der Waals surface area contributed by atoms with Crippen molar-refractivity contribution in [3.8, 4) is 11.8 Å². The second-order valence-electron chi connectivity index (χ2n) is 8.93. The number of anilines is 1. The smallest absolute Gasteiger partial charge is 0.151 e. The second-order valence-corrected chi connectivity index (χ2v) is 9.37. The van der Waals surface area contributed by atoms with Gasteiger partial charge in [0.2, 0.25) is 0 Å². The van der Waals surface area contributed by atoms with Gasteiger partial charge in [0.25, 0.3) is 0 Å². The quantitative estimate of drug-likeness (QED) is 0.603. The summed E-state index contributed by atoms with van der Waals surface area (Å²) in [6.45, 7) is 6.85. The van der Waals surface area contributed by atoms with Crippen molar-refractivity contribution >= 4 is 17.4 Å². The summed E-state index contributed by atoms with van der Waals surface area (Å²) >= 11 is 6.35. The fourth-order valence-electron chi connectivity index (χ4n) is 4.58. The standard InChI is InChI=1S/C23H25ClN8/c1-23(2,15-25)31-13-17-11-18(24)3-4-19(17)32-21(14-31)28-29-22(32)16-5-9-30(10-6-16)20-12-26-7-8-27-20/h3-4,7-8,11-12,16H,5-6,9-10,13-14H2,1-2H3. The zero-order chi connectivity index (χ0) is 22.3. The Morgan fingerprint density at radius 2 is 1.94 bits per heavy atom. The molecule has 0 spiro atoms. The molecule has 0 saturated carbocycles. The monoisotopic (exact) mass is 448 g/mol. The van der Waals surface area contributed by atoms with Crippen LogP contribution in [-0.4, -0.2) is 48.3 Å². The van der Waals surface area contributed by atoms with Gasteiger partial charge in [-0.3, -0.25) is 14.5 Å². The van der Waals surface area contributed by atoms with Gasteiger partial charge in [-0.2, -0.15) is 5.26 Å². The average molecular weight is 449 g/mol. The van der Waals surface area contributed by atoms with Crippen LogP contribution in [0.4, 0.5) is 5.82 Å². The Hall–Kier alpha value is -3.02. The van der Waals surface area contributed by atoms with Crippen molar-refractivity contribution in [2.75, 3.05) is 18.0 Å². The minimum absolute atomic E-state index is 0.295. The lowest BCUT2D eigenvalue weighted by Gasteiger charge is -2.32. The van der Waals surface area contributed by atoms with E-state index in [1.165, 1.54) is 0 Å². The lowest BCUT2D eigenvalue weighted by molar-refractivity contribution is 0.147. The van der Waals surface area contributed by atoms with Gasteiger partial charge in [-0.1, -0.05) is 11.6 Å². The normalized spacial score (nSPS) is 17.4. The third-order valence-corrected chi connectivity index (χ3v) is 6.76. The SMILES string of the molecule is CC(C)(C#N)N1Cc2cc(Cl)ccc2-n2c(nnc2C2CCN(c3cnccn3)CC2)C1. The molecule has 1 aromatic carbocycles. The molecule has 8 nitrogen and oxygen atoms in total. The first-order valence-corrected chi connectivity index (χ1v) is 11.2. The van der Waals surface area contributed by atoms with Crippen LogP contribution in [0, 0.1) is 11.3 Å². The number of hydrogen-bond donors (Lipinski definition) is 0. The fourth-order valence-corrected chi connectivity index (χ4v) is 4.77. The highest BCUT2D eigenvalue weighted by atomic mass is 35.5. The second kappa shape index (κ2) is 8.15. The predicted molar refractivity (Wildman–Crippen MR) is 122 cm³/mol. The highest BCUT2D eigenvalue weighted by Crippen LogP contribution is 2.35. The van der Waals surface area contributed by atoms with Crippen LogP contribution in [0.15, 0.2) is 36.8 Å². The van der Waals surface area contributed by atoms with E-state index in [4.69, 9.17) is 11.6 Å². The lowest BCUT2D eigenvalue weighted by atomic mass is 9.95. The molecule has 2 aromatic heterocycles. The number of piperidine rings is 1. The molecular weight excluding hydrogens is 424 g/mol. The zero-order valence-electron chi connectivity index (χ0n) is 18.2. The molecular formula is C23H25ClN8. The van der Waals surface area contributed by atoms with Crippen molar-refractivity contribution in [3.63, 3.8) is 0 Å². The summed E-state index contributed by atoms with van der Waals surface area (Å²) in [6, 6.07) is 8.38. The van der Waals surface area contributed by atoms with Gasteiger partial charge in [-0.05, 0) is 50.5 Å². The Kier molecular flexibility index (Phi) is 5.31. The van der Waals surface area contributed by atoms with Crippen LogP contribution in [0.2, 0.25) is 5.02 Å². The molecule has 0 amide bonds. The van der Waals surface area contributed by atoms with Crippen LogP contribution in [0.5, 0.6) is 0 Å². The van der Waals surface area contributed by atoms with Crippen molar-refractivity contribution in [2.24, 2.45) is 0 Å². The van der Waals surface area contributed by atoms with Gasteiger partial charge in [0, 0.05) is 43.0 Å². The molecule has 4 heterocycles. The van der Waals surface area contributed by atoms with Crippen LogP contribution >= 0.6 is 11.6 Å². The average Bonchev–Trinajstić information content (AvgIpc) is 3.15. The molecule has 2 aliphatic heterocycles. The van der Waals surface area contributed by atoms with Gasteiger partial charge in [0.15, 0.2) is 5.82 Å². The summed E-state index contributed by atoms with van der Waals surface area (Å²) in [7, 11) is 0. The first kappa shape index (κ1) is 20.9. The number of halogens is 1. The zero-order valence-corrected chi connectivity index (χ0v) is 19.0. The Morgan fingerprint density at radius 1 is 1.12 bits per heavy atom. The number of nitrogens with zero attached hydrogens (tertiary/aromatic N) is 8. The maximum Gasteiger partial charge on any atom is 0.151 e. The van der Waals surface area contributed by atoms with Gasteiger partial charge in [-0.15, -0.1) is 10.2 Å². The first-order valence-electron chi connectivity index (χ1n) is 10.9. The molecule has 164 valence electrons. The molecule has 3 aromatic rings. The molecule has 1 saturated heterocycles. The number of fused-ring (bicyclic) bond motifs is 3. The van der Waals surface area contributed by atoms with Crippen LogP contribution in [0.3, 0.4) is 0 Å². The molecule has 0 atom stereocenters. The maximum atomic E-state index is 9.74. The van der Waals surface area contributed by atoms with E-state index in [1.807, 2.05) is 38.2 Å². The molecule has 5 rings (SSSR count). The van der Waals surface area contributed by atoms with E-state index in [2.05, 4.69) is 40.6 Å². The van der Waals surface area contributed by atoms with Crippen molar-refractivity contribution in [3.05, 3.63) is 59.0 Å². The summed E-state index contributed by atoms with van der Waals surface area (Å²) in [5.74, 6) is 3.06. The number of nitriles is 1. The number of aromatic nitrogens is 5. The van der Waals surface area contributed by atoms with Crippen LogP contribution < -0.4 is 4.90 Å². The highest BCUT2D eigenvalue weighted by molar-refractivity contribution is 6.30. The Bertz CT molecular complexity index is 1160. The topological polar surface area (TPSA) is 86.8 Å². The molecule has 0 N–H and O–H groups in total. The van der Waals surface area contributed by atoms with E-state index in [9.17, 15) is 5.26 Å². The Morgan fingerprint density at radius 3 is 2.66 bits per heavy atom. The van der Waals surface area contributed by atoms with E-state index >= 15 is 0 Å². The molecule has 1 fully saturated rings. The third-order valence-electron chi connectivity index (χ3n) is 6.53. The number of benzene rings is 1. The van der Waals surface area contributed by atoms with Crippen molar-refractivity contribution in [2.45, 2.75) is 51.2 Å². The predicted octanol–water partition coefficient (Wildman–Crippen LogP) is 3.71. The number of hydrogen-bond acceptors (Lipinski definition) is 7.